The summed E-state index contributed by atoms with van der Waals surface area (Å²) in [7, 11) is 1.75. The monoisotopic (exact) mass is 387 g/mol. The van der Waals surface area contributed by atoms with Gasteiger partial charge < -0.3 is 14.3 Å². The molecule has 0 saturated carbocycles. The first kappa shape index (κ1) is 17.9. The summed E-state index contributed by atoms with van der Waals surface area (Å²) in [6, 6.07) is 17.1. The lowest BCUT2D eigenvalue weighted by atomic mass is 9.92. The van der Waals surface area contributed by atoms with Crippen LogP contribution in [0.25, 0.3) is 10.9 Å². The molecule has 0 spiro atoms. The van der Waals surface area contributed by atoms with Gasteiger partial charge in [0.15, 0.2) is 0 Å². The van der Waals surface area contributed by atoms with E-state index in [2.05, 4.69) is 61.0 Å². The Bertz CT molecular complexity index is 1150. The van der Waals surface area contributed by atoms with Crippen LogP contribution >= 0.6 is 0 Å². The van der Waals surface area contributed by atoms with Gasteiger partial charge >= 0.3 is 0 Å². The molecule has 2 aromatic heterocycles. The largest absolute Gasteiger partial charge is 0.496 e. The minimum Gasteiger partial charge on any atom is -0.496 e. The number of hydrogen-bond acceptors (Lipinski definition) is 4. The third-order valence-electron chi connectivity index (χ3n) is 6.01. The lowest BCUT2D eigenvalue weighted by Crippen LogP contribution is -2.38. The summed E-state index contributed by atoms with van der Waals surface area (Å²) in [5, 5.41) is 9.47. The van der Waals surface area contributed by atoms with E-state index in [4.69, 9.17) is 4.74 Å². The number of aromatic nitrogens is 4. The summed E-state index contributed by atoms with van der Waals surface area (Å²) < 4.78 is 7.85. The van der Waals surface area contributed by atoms with Crippen molar-refractivity contribution in [3.8, 4) is 5.75 Å². The molecule has 0 radical (unpaired) electrons. The maximum absolute atomic E-state index is 5.74. The average molecular weight is 387 g/mol. The molecule has 0 saturated heterocycles. The number of hydrogen-bond donors (Lipinski definition) is 1. The molecule has 0 amide bonds. The molecule has 6 nitrogen and oxygen atoms in total. The van der Waals surface area contributed by atoms with Crippen molar-refractivity contribution in [2.24, 2.45) is 0 Å². The minimum atomic E-state index is 0.124. The molecule has 29 heavy (non-hydrogen) atoms. The summed E-state index contributed by atoms with van der Waals surface area (Å²) in [5.74, 6) is 1.87. The Morgan fingerprint density at radius 2 is 1.93 bits per heavy atom. The Labute approximate surface area is 170 Å². The van der Waals surface area contributed by atoms with E-state index in [0.29, 0.717) is 0 Å². The van der Waals surface area contributed by atoms with E-state index in [0.717, 1.165) is 37.6 Å². The molecule has 0 fully saturated rings. The number of benzene rings is 2. The van der Waals surface area contributed by atoms with Crippen LogP contribution in [0, 0.1) is 6.92 Å². The molecular weight excluding hydrogens is 362 g/mol. The van der Waals surface area contributed by atoms with E-state index in [9.17, 15) is 0 Å². The second-order valence-corrected chi connectivity index (χ2v) is 7.56. The lowest BCUT2D eigenvalue weighted by molar-refractivity contribution is 0.199. The fraction of sp³-hybridized carbons (Fsp3) is 0.304. The number of nitrogens with zero attached hydrogens (tertiary/aromatic N) is 4. The molecule has 0 bridgehead atoms. The highest BCUT2D eigenvalue weighted by Crippen LogP contribution is 2.41. The first-order valence-corrected chi connectivity index (χ1v) is 10.1. The summed E-state index contributed by atoms with van der Waals surface area (Å²) in [6.07, 6.45) is 2.85. The van der Waals surface area contributed by atoms with Gasteiger partial charge in [0.05, 0.1) is 13.2 Å². The van der Waals surface area contributed by atoms with Gasteiger partial charge in [-0.25, -0.2) is 0 Å². The van der Waals surface area contributed by atoms with E-state index in [1.54, 1.807) is 7.11 Å². The lowest BCUT2D eigenvalue weighted by Gasteiger charge is -2.36. The predicted octanol–water partition coefficient (Wildman–Crippen LogP) is 3.72. The molecule has 0 unspecified atom stereocenters. The normalized spacial score (nSPS) is 16.8. The van der Waals surface area contributed by atoms with E-state index in [1.165, 1.54) is 27.7 Å². The fourth-order valence-electron chi connectivity index (χ4n) is 4.54. The summed E-state index contributed by atoms with van der Waals surface area (Å²) in [6.45, 7) is 4.77. The molecule has 3 heterocycles. The summed E-state index contributed by atoms with van der Waals surface area (Å²) in [5.41, 5.74) is 5.10. The number of rotatable bonds is 5. The van der Waals surface area contributed by atoms with Crippen LogP contribution in [-0.2, 0) is 13.0 Å². The van der Waals surface area contributed by atoms with Crippen LogP contribution in [-0.4, -0.2) is 44.8 Å². The van der Waals surface area contributed by atoms with Crippen molar-refractivity contribution in [2.75, 3.05) is 20.2 Å². The van der Waals surface area contributed by atoms with Gasteiger partial charge in [-0.1, -0.05) is 36.4 Å². The van der Waals surface area contributed by atoms with Gasteiger partial charge in [0.1, 0.15) is 17.9 Å². The number of fused-ring (bicyclic) bond motifs is 3. The molecular formula is C23H25N5O. The van der Waals surface area contributed by atoms with Crippen molar-refractivity contribution in [1.82, 2.24) is 24.6 Å². The number of nitrogens with one attached hydrogen (secondary N) is 1. The standard InChI is InChI=1S/C23H25N5O/c1-16-26-24-15-28(16)14-13-27-12-11-18-17-7-3-5-9-20(17)25-22(18)23(27)19-8-4-6-10-21(19)29-2/h3-10,15,23,25H,11-14H2,1-2H3/t23-/m1/s1. The molecule has 1 aliphatic heterocycles. The number of methoxy groups -OCH3 is 1. The first-order valence-electron chi connectivity index (χ1n) is 10.1. The minimum absolute atomic E-state index is 0.124. The van der Waals surface area contributed by atoms with Crippen molar-refractivity contribution in [2.45, 2.75) is 25.9 Å². The van der Waals surface area contributed by atoms with Crippen LogP contribution in [0.15, 0.2) is 54.9 Å². The molecule has 148 valence electrons. The van der Waals surface area contributed by atoms with Crippen molar-refractivity contribution < 1.29 is 4.74 Å². The zero-order chi connectivity index (χ0) is 19.8. The molecule has 2 aromatic carbocycles. The smallest absolute Gasteiger partial charge is 0.129 e. The van der Waals surface area contributed by atoms with Crippen LogP contribution in [0.5, 0.6) is 5.75 Å². The van der Waals surface area contributed by atoms with E-state index in [-0.39, 0.29) is 6.04 Å². The fourth-order valence-corrected chi connectivity index (χ4v) is 4.54. The van der Waals surface area contributed by atoms with Gasteiger partial charge in [-0.3, -0.25) is 4.90 Å². The second kappa shape index (κ2) is 7.37. The number of H-pyrrole nitrogens is 1. The van der Waals surface area contributed by atoms with Gasteiger partial charge in [-0.15, -0.1) is 10.2 Å². The first-order chi connectivity index (χ1) is 14.3. The molecule has 1 aliphatic rings. The van der Waals surface area contributed by atoms with Crippen LogP contribution < -0.4 is 4.74 Å². The Morgan fingerprint density at radius 3 is 2.76 bits per heavy atom. The number of ether oxygens (including phenoxy) is 1. The van der Waals surface area contributed by atoms with E-state index in [1.807, 2.05) is 25.4 Å². The van der Waals surface area contributed by atoms with Crippen molar-refractivity contribution in [3.63, 3.8) is 0 Å². The zero-order valence-electron chi connectivity index (χ0n) is 16.8. The molecule has 0 aliphatic carbocycles. The molecule has 5 rings (SSSR count). The highest BCUT2D eigenvalue weighted by atomic mass is 16.5. The zero-order valence-corrected chi connectivity index (χ0v) is 16.8. The summed E-state index contributed by atoms with van der Waals surface area (Å²) >= 11 is 0. The Hall–Kier alpha value is -3.12. The van der Waals surface area contributed by atoms with Crippen molar-refractivity contribution in [3.05, 3.63) is 77.5 Å². The van der Waals surface area contributed by atoms with E-state index >= 15 is 0 Å². The predicted molar refractivity (Wildman–Crippen MR) is 113 cm³/mol. The highest BCUT2D eigenvalue weighted by molar-refractivity contribution is 5.85. The number of aromatic amines is 1. The third-order valence-corrected chi connectivity index (χ3v) is 6.01. The van der Waals surface area contributed by atoms with Crippen LogP contribution in [0.4, 0.5) is 0 Å². The van der Waals surface area contributed by atoms with Gasteiger partial charge in [-0.05, 0) is 31.0 Å². The second-order valence-electron chi connectivity index (χ2n) is 7.56. The van der Waals surface area contributed by atoms with Crippen molar-refractivity contribution >= 4 is 10.9 Å². The maximum atomic E-state index is 5.74. The average Bonchev–Trinajstić information content (AvgIpc) is 3.34. The SMILES string of the molecule is COc1ccccc1[C@@H]1c2[nH]c3ccccc3c2CCN1CCn1cnnc1C. The van der Waals surface area contributed by atoms with Gasteiger partial charge in [-0.2, -0.15) is 0 Å². The van der Waals surface area contributed by atoms with Crippen LogP contribution in [0.1, 0.15) is 28.7 Å². The van der Waals surface area contributed by atoms with Gasteiger partial charge in [0.25, 0.3) is 0 Å². The molecule has 6 heteroatoms. The van der Waals surface area contributed by atoms with E-state index < -0.39 is 0 Å². The Morgan fingerprint density at radius 1 is 1.10 bits per heavy atom. The van der Waals surface area contributed by atoms with Crippen LogP contribution in [0.2, 0.25) is 0 Å². The Kier molecular flexibility index (Phi) is 4.56. The molecule has 1 N–H and O–H groups in total. The summed E-state index contributed by atoms with van der Waals surface area (Å²) in [4.78, 5) is 6.26. The van der Waals surface area contributed by atoms with Crippen molar-refractivity contribution in [1.29, 1.82) is 0 Å². The topological polar surface area (TPSA) is 59.0 Å². The molecule has 1 atom stereocenters. The quantitative estimate of drug-likeness (QED) is 0.567. The Balaban J connectivity index is 1.58. The number of aryl methyl sites for hydroxylation is 1. The van der Waals surface area contributed by atoms with Gasteiger partial charge in [0, 0.05) is 41.8 Å². The van der Waals surface area contributed by atoms with Crippen LogP contribution in [0.3, 0.4) is 0 Å². The van der Waals surface area contributed by atoms with Gasteiger partial charge in [0.2, 0.25) is 0 Å². The maximum Gasteiger partial charge on any atom is 0.129 e. The highest BCUT2D eigenvalue weighted by Gasteiger charge is 2.33. The number of para-hydroxylation sites is 2. The third kappa shape index (κ3) is 3.09. The molecule has 4 aromatic rings.